The Bertz CT molecular complexity index is 1220. The van der Waals surface area contributed by atoms with Gasteiger partial charge >= 0.3 is 19.8 Å². The summed E-state index contributed by atoms with van der Waals surface area (Å²) in [6, 6.07) is 0. The molecular formula is C47H85O13P. The Hall–Kier alpha value is -2.19. The highest BCUT2D eigenvalue weighted by molar-refractivity contribution is 7.47. The molecule has 0 amide bonds. The monoisotopic (exact) mass is 889 g/mol. The van der Waals surface area contributed by atoms with Crippen molar-refractivity contribution < 1.29 is 63.1 Å². The summed E-state index contributed by atoms with van der Waals surface area (Å²) in [5, 5.41) is 48.8. The molecular weight excluding hydrogens is 803 g/mol. The van der Waals surface area contributed by atoms with Gasteiger partial charge in [0.05, 0.1) is 38.1 Å². The number of aliphatic hydroxyl groups excluding tert-OH is 5. The maximum atomic E-state index is 12.7. The Kier molecular flexibility index (Phi) is 39.1. The van der Waals surface area contributed by atoms with E-state index in [4.69, 9.17) is 19.1 Å². The highest BCUT2D eigenvalue weighted by Gasteiger charge is 2.27. The van der Waals surface area contributed by atoms with Crippen LogP contribution in [0.1, 0.15) is 175 Å². The summed E-state index contributed by atoms with van der Waals surface area (Å²) in [6.07, 6.45) is 31.5. The largest absolute Gasteiger partial charge is 0.472 e. The van der Waals surface area contributed by atoms with Crippen LogP contribution in [0.3, 0.4) is 0 Å². The molecule has 0 bridgehead atoms. The van der Waals surface area contributed by atoms with Crippen LogP contribution in [0.25, 0.3) is 0 Å². The van der Waals surface area contributed by atoms with Gasteiger partial charge in [0.15, 0.2) is 6.10 Å². The SMILES string of the molecule is CCCCC[C@@H](O)/C=C/C=C\C=C\C=C\[C@@H](O)[C@H](O)CCCC(=O)OC[C@H](COP(=O)(O)OC[C@@H](O)CO)OC(=O)CCCCCCCCCCCCCCCCC(C)CC. The average Bonchev–Trinajstić information content (AvgIpc) is 3.24. The van der Waals surface area contributed by atoms with Crippen molar-refractivity contribution in [1.29, 1.82) is 0 Å². The number of carbonyl (C=O) groups excluding carboxylic acids is 2. The van der Waals surface area contributed by atoms with E-state index in [2.05, 4.69) is 25.3 Å². The van der Waals surface area contributed by atoms with Gasteiger partial charge in [-0.05, 0) is 31.6 Å². The van der Waals surface area contributed by atoms with E-state index in [9.17, 15) is 39.5 Å². The van der Waals surface area contributed by atoms with Crippen LogP contribution in [0.5, 0.6) is 0 Å². The third-order valence-corrected chi connectivity index (χ3v) is 11.3. The highest BCUT2D eigenvalue weighted by atomic mass is 31.2. The maximum absolute atomic E-state index is 12.7. The molecule has 356 valence electrons. The number of aliphatic hydroxyl groups is 5. The summed E-state index contributed by atoms with van der Waals surface area (Å²) in [7, 11) is -4.70. The van der Waals surface area contributed by atoms with Gasteiger partial charge in [0.1, 0.15) is 12.7 Å². The molecule has 0 aromatic carbocycles. The number of unbranched alkanes of at least 4 members (excludes halogenated alkanes) is 15. The van der Waals surface area contributed by atoms with Crippen molar-refractivity contribution in [2.75, 3.05) is 26.4 Å². The predicted molar refractivity (Wildman–Crippen MR) is 242 cm³/mol. The van der Waals surface area contributed by atoms with Crippen LogP contribution in [-0.4, -0.2) is 99.3 Å². The summed E-state index contributed by atoms with van der Waals surface area (Å²) < 4.78 is 32.5. The van der Waals surface area contributed by atoms with E-state index in [1.165, 1.54) is 83.1 Å². The van der Waals surface area contributed by atoms with Crippen LogP contribution in [-0.2, 0) is 32.7 Å². The lowest BCUT2D eigenvalue weighted by Gasteiger charge is -2.20. The minimum Gasteiger partial charge on any atom is -0.462 e. The molecule has 0 radical (unpaired) electrons. The second-order valence-corrected chi connectivity index (χ2v) is 17.7. The molecule has 0 spiro atoms. The lowest BCUT2D eigenvalue weighted by atomic mass is 9.99. The maximum Gasteiger partial charge on any atom is 0.472 e. The fraction of sp³-hybridized carbons (Fsp3) is 0.787. The lowest BCUT2D eigenvalue weighted by Crippen LogP contribution is -2.30. The molecule has 13 nitrogen and oxygen atoms in total. The second kappa shape index (κ2) is 40.6. The first-order chi connectivity index (χ1) is 29.3. The minimum atomic E-state index is -4.70. The van der Waals surface area contributed by atoms with E-state index in [0.29, 0.717) is 6.42 Å². The molecule has 0 aliphatic carbocycles. The van der Waals surface area contributed by atoms with Gasteiger partial charge in [-0.1, -0.05) is 185 Å². The summed E-state index contributed by atoms with van der Waals surface area (Å²) >= 11 is 0. The van der Waals surface area contributed by atoms with Crippen LogP contribution >= 0.6 is 7.82 Å². The van der Waals surface area contributed by atoms with Crippen LogP contribution in [0, 0.1) is 5.92 Å². The van der Waals surface area contributed by atoms with Crippen LogP contribution < -0.4 is 0 Å². The van der Waals surface area contributed by atoms with E-state index in [1.807, 2.05) is 0 Å². The van der Waals surface area contributed by atoms with Gasteiger partial charge in [-0.15, -0.1) is 0 Å². The van der Waals surface area contributed by atoms with E-state index in [1.54, 1.807) is 42.5 Å². The molecule has 6 N–H and O–H groups in total. The number of hydrogen-bond acceptors (Lipinski definition) is 12. The molecule has 0 aliphatic heterocycles. The fourth-order valence-electron chi connectivity index (χ4n) is 6.24. The first-order valence-corrected chi connectivity index (χ1v) is 24.8. The summed E-state index contributed by atoms with van der Waals surface area (Å²) in [4.78, 5) is 35.1. The van der Waals surface area contributed by atoms with Crippen molar-refractivity contribution in [3.63, 3.8) is 0 Å². The number of rotatable bonds is 42. The summed E-state index contributed by atoms with van der Waals surface area (Å²) in [5.41, 5.74) is 0. The fourth-order valence-corrected chi connectivity index (χ4v) is 7.03. The van der Waals surface area contributed by atoms with Gasteiger partial charge < -0.3 is 39.9 Å². The van der Waals surface area contributed by atoms with E-state index in [-0.39, 0.29) is 25.7 Å². The average molecular weight is 889 g/mol. The number of phosphoric ester groups is 1. The first kappa shape index (κ1) is 58.8. The van der Waals surface area contributed by atoms with E-state index >= 15 is 0 Å². The topological polar surface area (TPSA) is 210 Å². The number of allylic oxidation sites excluding steroid dienone is 6. The zero-order valence-corrected chi connectivity index (χ0v) is 38.8. The zero-order valence-electron chi connectivity index (χ0n) is 37.9. The third kappa shape index (κ3) is 39.2. The Labute approximate surface area is 368 Å². The van der Waals surface area contributed by atoms with Gasteiger partial charge in [-0.2, -0.15) is 0 Å². The molecule has 14 heteroatoms. The Morgan fingerprint density at radius 2 is 1.10 bits per heavy atom. The molecule has 0 aliphatic rings. The van der Waals surface area contributed by atoms with Gasteiger partial charge in [0, 0.05) is 12.8 Å². The molecule has 0 aromatic heterocycles. The molecule has 0 aromatic rings. The molecule has 0 saturated carbocycles. The molecule has 0 rings (SSSR count). The predicted octanol–water partition coefficient (Wildman–Crippen LogP) is 9.27. The highest BCUT2D eigenvalue weighted by Crippen LogP contribution is 2.43. The number of esters is 2. The van der Waals surface area contributed by atoms with Crippen molar-refractivity contribution >= 4 is 19.8 Å². The zero-order chi connectivity index (χ0) is 45.4. The van der Waals surface area contributed by atoms with Gasteiger partial charge in [-0.3, -0.25) is 18.6 Å². The molecule has 0 heterocycles. The van der Waals surface area contributed by atoms with Crippen molar-refractivity contribution in [2.24, 2.45) is 5.92 Å². The number of phosphoric acid groups is 1. The van der Waals surface area contributed by atoms with Gasteiger partial charge in [0.2, 0.25) is 0 Å². The Morgan fingerprint density at radius 3 is 1.67 bits per heavy atom. The standard InChI is InChI=1S/C47H85O13P/c1-4-6-23-30-41(49)31-25-20-17-18-21-26-32-44(51)45(52)33-28-35-46(53)57-38-43(39-59-61(55,56)58-37-42(50)36-48)60-47(54)34-27-22-16-14-12-10-8-7-9-11-13-15-19-24-29-40(3)5-2/h17-18,20-21,25-26,31-32,40-45,48-52H,4-16,19,22-24,27-30,33-39H2,1-3H3,(H,55,56)/b20-17-,21-18+,31-25+,32-26+/t40?,41-,42+,43-,44-,45-/m1/s1. The van der Waals surface area contributed by atoms with Crippen LogP contribution in [0.4, 0.5) is 0 Å². The molecule has 7 atom stereocenters. The minimum absolute atomic E-state index is 0.0980. The lowest BCUT2D eigenvalue weighted by molar-refractivity contribution is -0.161. The van der Waals surface area contributed by atoms with E-state index in [0.717, 1.165) is 50.9 Å². The van der Waals surface area contributed by atoms with E-state index < -0.39 is 76.7 Å². The molecule has 0 saturated heterocycles. The van der Waals surface area contributed by atoms with Crippen molar-refractivity contribution in [1.82, 2.24) is 0 Å². The normalized spacial score (nSPS) is 16.3. The third-order valence-electron chi connectivity index (χ3n) is 10.4. The quantitative estimate of drug-likeness (QED) is 0.0146. The van der Waals surface area contributed by atoms with Crippen molar-refractivity contribution in [2.45, 2.75) is 205 Å². The van der Waals surface area contributed by atoms with Gasteiger partial charge in [-0.25, -0.2) is 4.57 Å². The smallest absolute Gasteiger partial charge is 0.462 e. The molecule has 2 unspecified atom stereocenters. The summed E-state index contributed by atoms with van der Waals surface area (Å²) in [6.45, 7) is 4.25. The number of carbonyl (C=O) groups is 2. The second-order valence-electron chi connectivity index (χ2n) is 16.2. The van der Waals surface area contributed by atoms with Crippen molar-refractivity contribution in [3.8, 4) is 0 Å². The van der Waals surface area contributed by atoms with Crippen LogP contribution in [0.2, 0.25) is 0 Å². The number of ether oxygens (including phenoxy) is 2. The summed E-state index contributed by atoms with van der Waals surface area (Å²) in [5.74, 6) is -0.397. The molecule has 61 heavy (non-hydrogen) atoms. The Morgan fingerprint density at radius 1 is 0.590 bits per heavy atom. The van der Waals surface area contributed by atoms with Crippen molar-refractivity contribution in [3.05, 3.63) is 48.6 Å². The molecule has 0 fully saturated rings. The first-order valence-electron chi connectivity index (χ1n) is 23.3. The van der Waals surface area contributed by atoms with Crippen LogP contribution in [0.15, 0.2) is 48.6 Å². The number of hydrogen-bond donors (Lipinski definition) is 6. The van der Waals surface area contributed by atoms with Gasteiger partial charge in [0.25, 0.3) is 0 Å². The Balaban J connectivity index is 4.55.